The van der Waals surface area contributed by atoms with Crippen LogP contribution >= 0.6 is 11.3 Å². The maximum Gasteiger partial charge on any atom is 0.274 e. The van der Waals surface area contributed by atoms with Crippen LogP contribution in [0.15, 0.2) is 54.0 Å². The Kier molecular flexibility index (Phi) is 5.99. The monoisotopic (exact) mass is 422 g/mol. The zero-order chi connectivity index (χ0) is 21.1. The third-order valence-electron chi connectivity index (χ3n) is 5.58. The van der Waals surface area contributed by atoms with Crippen molar-refractivity contribution in [1.29, 1.82) is 0 Å². The van der Waals surface area contributed by atoms with Crippen molar-refractivity contribution in [2.75, 3.05) is 26.2 Å². The lowest BCUT2D eigenvalue weighted by molar-refractivity contribution is -0.134. The number of likely N-dealkylation sites (N-methyl/N-ethyl adjacent to an activating group) is 1. The highest BCUT2D eigenvalue weighted by atomic mass is 32.1. The number of aromatic nitrogens is 2. The predicted octanol–water partition coefficient (Wildman–Crippen LogP) is 3.31. The molecule has 0 bridgehead atoms. The smallest absolute Gasteiger partial charge is 0.274 e. The molecule has 0 spiro atoms. The van der Waals surface area contributed by atoms with Crippen molar-refractivity contribution in [3.63, 3.8) is 0 Å². The Morgan fingerprint density at radius 3 is 2.60 bits per heavy atom. The molecule has 1 aliphatic rings. The summed E-state index contributed by atoms with van der Waals surface area (Å²) in [4.78, 5) is 30.9. The maximum atomic E-state index is 13.1. The average molecular weight is 423 g/mol. The van der Waals surface area contributed by atoms with Crippen LogP contribution in [0.5, 0.6) is 0 Å². The van der Waals surface area contributed by atoms with Crippen LogP contribution in [0.4, 0.5) is 0 Å². The van der Waals surface area contributed by atoms with Crippen molar-refractivity contribution < 1.29 is 9.59 Å². The van der Waals surface area contributed by atoms with Crippen molar-refractivity contribution in [1.82, 2.24) is 19.6 Å². The van der Waals surface area contributed by atoms with Crippen molar-refractivity contribution in [2.24, 2.45) is 13.0 Å². The molecule has 1 aromatic carbocycles. The van der Waals surface area contributed by atoms with Crippen LogP contribution in [0, 0.1) is 5.92 Å². The summed E-state index contributed by atoms with van der Waals surface area (Å²) in [5.41, 5.74) is 2.72. The Morgan fingerprint density at radius 1 is 1.17 bits per heavy atom. The molecule has 7 heteroatoms. The molecule has 1 aliphatic heterocycles. The summed E-state index contributed by atoms with van der Waals surface area (Å²) in [6, 6.07) is 14.3. The lowest BCUT2D eigenvalue weighted by Gasteiger charge is -2.23. The van der Waals surface area contributed by atoms with Gasteiger partial charge in [-0.1, -0.05) is 30.3 Å². The number of hydrogen-bond acceptors (Lipinski definition) is 4. The summed E-state index contributed by atoms with van der Waals surface area (Å²) in [7, 11) is 1.80. The van der Waals surface area contributed by atoms with Crippen molar-refractivity contribution in [3.8, 4) is 10.4 Å². The summed E-state index contributed by atoms with van der Waals surface area (Å²) in [5, 5.41) is 6.32. The maximum absolute atomic E-state index is 13.1. The van der Waals surface area contributed by atoms with E-state index in [0.717, 1.165) is 5.56 Å². The number of rotatable bonds is 5. The highest BCUT2D eigenvalue weighted by Crippen LogP contribution is 2.26. The molecular weight excluding hydrogens is 396 g/mol. The number of aryl methyl sites for hydroxylation is 1. The molecule has 3 aromatic rings. The van der Waals surface area contributed by atoms with Crippen LogP contribution in [-0.2, 0) is 18.3 Å². The molecule has 6 nitrogen and oxygen atoms in total. The molecule has 0 aliphatic carbocycles. The molecule has 156 valence electrons. The molecule has 1 saturated heterocycles. The van der Waals surface area contributed by atoms with Crippen LogP contribution in [-0.4, -0.2) is 57.6 Å². The van der Waals surface area contributed by atoms with E-state index >= 15 is 0 Å². The van der Waals surface area contributed by atoms with Gasteiger partial charge in [-0.2, -0.15) is 5.10 Å². The molecule has 4 rings (SSSR count). The fraction of sp³-hybridized carbons (Fsp3) is 0.348. The SMILES string of the molecule is CCN1CCN(C(=O)c2ccn(C)n2)C[C@H](Cc2ccc(-c3cccs3)cc2)C1=O. The Balaban J connectivity index is 1.53. The van der Waals surface area contributed by atoms with Gasteiger partial charge < -0.3 is 9.80 Å². The molecule has 2 aromatic heterocycles. The minimum Gasteiger partial charge on any atom is -0.341 e. The van der Waals surface area contributed by atoms with Gasteiger partial charge in [0.25, 0.3) is 5.91 Å². The lowest BCUT2D eigenvalue weighted by Crippen LogP contribution is -2.38. The first kappa shape index (κ1) is 20.3. The average Bonchev–Trinajstić information content (AvgIpc) is 3.41. The molecule has 1 fully saturated rings. The summed E-state index contributed by atoms with van der Waals surface area (Å²) >= 11 is 1.71. The Labute approximate surface area is 180 Å². The fourth-order valence-electron chi connectivity index (χ4n) is 3.92. The van der Waals surface area contributed by atoms with Gasteiger partial charge in [0.05, 0.1) is 5.92 Å². The van der Waals surface area contributed by atoms with E-state index in [1.54, 1.807) is 40.2 Å². The summed E-state index contributed by atoms with van der Waals surface area (Å²) in [6.07, 6.45) is 2.38. The van der Waals surface area contributed by atoms with Gasteiger partial charge in [0.2, 0.25) is 5.91 Å². The van der Waals surface area contributed by atoms with E-state index in [1.165, 1.54) is 10.4 Å². The fourth-order valence-corrected chi connectivity index (χ4v) is 4.65. The number of carbonyl (C=O) groups is 2. The van der Waals surface area contributed by atoms with E-state index in [0.29, 0.717) is 38.3 Å². The first-order valence-corrected chi connectivity index (χ1v) is 11.1. The molecule has 1 atom stereocenters. The van der Waals surface area contributed by atoms with Gasteiger partial charge in [-0.05, 0) is 42.0 Å². The number of benzene rings is 1. The lowest BCUT2D eigenvalue weighted by atomic mass is 9.96. The molecule has 0 unspecified atom stereocenters. The third-order valence-corrected chi connectivity index (χ3v) is 6.50. The van der Waals surface area contributed by atoms with Crippen LogP contribution in [0.1, 0.15) is 23.0 Å². The van der Waals surface area contributed by atoms with E-state index in [4.69, 9.17) is 0 Å². The number of hydrogen-bond donors (Lipinski definition) is 0. The van der Waals surface area contributed by atoms with Gasteiger partial charge in [-0.3, -0.25) is 14.3 Å². The van der Waals surface area contributed by atoms with Crippen molar-refractivity contribution in [2.45, 2.75) is 13.3 Å². The molecule has 0 radical (unpaired) electrons. The highest BCUT2D eigenvalue weighted by Gasteiger charge is 2.32. The number of thiophene rings is 1. The molecule has 2 amide bonds. The summed E-state index contributed by atoms with van der Waals surface area (Å²) < 4.78 is 1.63. The first-order valence-electron chi connectivity index (χ1n) is 10.3. The van der Waals surface area contributed by atoms with E-state index in [-0.39, 0.29) is 17.7 Å². The Bertz CT molecular complexity index is 1010. The van der Waals surface area contributed by atoms with Crippen LogP contribution < -0.4 is 0 Å². The van der Waals surface area contributed by atoms with E-state index in [1.807, 2.05) is 17.9 Å². The van der Waals surface area contributed by atoms with Gasteiger partial charge in [0, 0.05) is 44.3 Å². The number of nitrogens with zero attached hydrogens (tertiary/aromatic N) is 4. The molecule has 0 saturated carbocycles. The summed E-state index contributed by atoms with van der Waals surface area (Å²) in [5.74, 6) is -0.247. The van der Waals surface area contributed by atoms with Crippen LogP contribution in [0.2, 0.25) is 0 Å². The first-order chi connectivity index (χ1) is 14.5. The van der Waals surface area contributed by atoms with Gasteiger partial charge >= 0.3 is 0 Å². The predicted molar refractivity (Wildman–Crippen MR) is 118 cm³/mol. The minimum atomic E-state index is -0.257. The topological polar surface area (TPSA) is 58.4 Å². The van der Waals surface area contributed by atoms with Crippen LogP contribution in [0.3, 0.4) is 0 Å². The number of amides is 2. The largest absolute Gasteiger partial charge is 0.341 e. The van der Waals surface area contributed by atoms with Gasteiger partial charge in [0.1, 0.15) is 5.69 Å². The second-order valence-corrected chi connectivity index (χ2v) is 8.57. The zero-order valence-electron chi connectivity index (χ0n) is 17.3. The zero-order valence-corrected chi connectivity index (χ0v) is 18.1. The number of carbonyl (C=O) groups excluding carboxylic acids is 2. The van der Waals surface area contributed by atoms with Gasteiger partial charge in [0.15, 0.2) is 0 Å². The van der Waals surface area contributed by atoms with E-state index in [2.05, 4.69) is 40.8 Å². The van der Waals surface area contributed by atoms with Crippen molar-refractivity contribution >= 4 is 23.2 Å². The summed E-state index contributed by atoms with van der Waals surface area (Å²) in [6.45, 7) is 4.14. The van der Waals surface area contributed by atoms with Gasteiger partial charge in [-0.15, -0.1) is 11.3 Å². The standard InChI is InChI=1S/C23H26N4O2S/c1-3-26-12-13-27(23(29)20-10-11-25(2)24-20)16-19(22(26)28)15-17-6-8-18(9-7-17)21-5-4-14-30-21/h4-11,14,19H,3,12-13,15-16H2,1-2H3/t19-/m0/s1. The molecular formula is C23H26N4O2S. The molecule has 3 heterocycles. The second-order valence-electron chi connectivity index (χ2n) is 7.62. The van der Waals surface area contributed by atoms with E-state index in [9.17, 15) is 9.59 Å². The van der Waals surface area contributed by atoms with E-state index < -0.39 is 0 Å². The Hall–Kier alpha value is -2.93. The normalized spacial score (nSPS) is 17.3. The van der Waals surface area contributed by atoms with Crippen LogP contribution in [0.25, 0.3) is 10.4 Å². The molecule has 30 heavy (non-hydrogen) atoms. The minimum absolute atomic E-state index is 0.112. The highest BCUT2D eigenvalue weighted by molar-refractivity contribution is 7.13. The van der Waals surface area contributed by atoms with Gasteiger partial charge in [-0.25, -0.2) is 0 Å². The molecule has 0 N–H and O–H groups in total. The third kappa shape index (κ3) is 4.31. The van der Waals surface area contributed by atoms with Crippen molar-refractivity contribution in [3.05, 3.63) is 65.3 Å². The second kappa shape index (κ2) is 8.83. The quantitative estimate of drug-likeness (QED) is 0.634. The Morgan fingerprint density at radius 2 is 1.97 bits per heavy atom.